The van der Waals surface area contributed by atoms with E-state index >= 15 is 0 Å². The van der Waals surface area contributed by atoms with Gasteiger partial charge in [-0.25, -0.2) is 0 Å². The summed E-state index contributed by atoms with van der Waals surface area (Å²) in [6, 6.07) is 6.62. The summed E-state index contributed by atoms with van der Waals surface area (Å²) in [4.78, 5) is 21.6. The highest BCUT2D eigenvalue weighted by Gasteiger charge is 2.29. The van der Waals surface area contributed by atoms with E-state index in [0.717, 1.165) is 80.9 Å². The van der Waals surface area contributed by atoms with E-state index in [-0.39, 0.29) is 17.9 Å². The number of rotatable bonds is 9. The number of anilines is 1. The lowest BCUT2D eigenvalue weighted by Crippen LogP contribution is -2.40. The van der Waals surface area contributed by atoms with Crippen molar-refractivity contribution in [3.05, 3.63) is 35.2 Å². The van der Waals surface area contributed by atoms with Gasteiger partial charge in [0.25, 0.3) is 5.91 Å². The molecule has 4 rings (SSSR count). The molecule has 2 saturated heterocycles. The van der Waals surface area contributed by atoms with E-state index in [2.05, 4.69) is 28.9 Å². The Morgan fingerprint density at radius 2 is 2.03 bits per heavy atom. The average molecular weight is 470 g/mol. The van der Waals surface area contributed by atoms with E-state index in [1.54, 1.807) is 0 Å². The average Bonchev–Trinajstić information content (AvgIpc) is 3.52. The maximum absolute atomic E-state index is 12.9. The molecule has 1 aromatic heterocycles. The number of benzene rings is 1. The molecule has 8 heteroatoms. The largest absolute Gasteiger partial charge is 0.494 e. The van der Waals surface area contributed by atoms with Crippen LogP contribution in [0.5, 0.6) is 5.75 Å². The van der Waals surface area contributed by atoms with Gasteiger partial charge in [-0.2, -0.15) is 4.98 Å². The number of likely N-dealkylation sites (tertiary alicyclic amines) is 1. The predicted octanol–water partition coefficient (Wildman–Crippen LogP) is 4.14. The normalized spacial score (nSPS) is 19.3. The van der Waals surface area contributed by atoms with Gasteiger partial charge in [-0.3, -0.25) is 4.79 Å². The molecule has 2 aromatic rings. The summed E-state index contributed by atoms with van der Waals surface area (Å²) in [5.74, 6) is 2.68. The first-order chi connectivity index (χ1) is 16.5. The molecule has 1 amide bonds. The van der Waals surface area contributed by atoms with E-state index in [4.69, 9.17) is 15.0 Å². The van der Waals surface area contributed by atoms with Crippen LogP contribution < -0.4 is 15.4 Å². The fraction of sp³-hybridized carbons (Fsp3) is 0.654. The van der Waals surface area contributed by atoms with Crippen LogP contribution in [-0.2, 0) is 0 Å². The quantitative estimate of drug-likeness (QED) is 0.551. The first-order valence-corrected chi connectivity index (χ1v) is 12.8. The van der Waals surface area contributed by atoms with Crippen molar-refractivity contribution >= 4 is 11.9 Å². The minimum Gasteiger partial charge on any atom is -0.494 e. The fourth-order valence-corrected chi connectivity index (χ4v) is 5.03. The molecule has 0 radical (unpaired) electrons. The maximum Gasteiger partial charge on any atom is 0.324 e. The van der Waals surface area contributed by atoms with E-state index in [1.165, 1.54) is 0 Å². The number of amides is 1. The fourth-order valence-electron chi connectivity index (χ4n) is 5.03. The van der Waals surface area contributed by atoms with Crippen LogP contribution in [0.2, 0.25) is 0 Å². The van der Waals surface area contributed by atoms with Gasteiger partial charge in [0.1, 0.15) is 5.75 Å². The number of aromatic nitrogens is 2. The molecule has 2 fully saturated rings. The Bertz CT molecular complexity index is 952. The zero-order chi connectivity index (χ0) is 24.1. The number of aryl methyl sites for hydroxylation is 1. The van der Waals surface area contributed by atoms with Gasteiger partial charge in [0, 0.05) is 43.7 Å². The van der Waals surface area contributed by atoms with Crippen LogP contribution in [-0.4, -0.2) is 59.8 Å². The van der Waals surface area contributed by atoms with Crippen molar-refractivity contribution in [2.75, 3.05) is 37.7 Å². The highest BCUT2D eigenvalue weighted by molar-refractivity contribution is 5.96. The van der Waals surface area contributed by atoms with E-state index < -0.39 is 0 Å². The van der Waals surface area contributed by atoms with Crippen LogP contribution in [0.1, 0.15) is 80.0 Å². The SMILES string of the molecule is Cc1cc(OCCCC2CCN(c3nc(C(C)C)no3)CC2)ccc1C(=O)N1CCCC1CN. The van der Waals surface area contributed by atoms with Crippen molar-refractivity contribution in [3.63, 3.8) is 0 Å². The molecule has 2 aliphatic heterocycles. The van der Waals surface area contributed by atoms with Crippen molar-refractivity contribution in [3.8, 4) is 5.75 Å². The molecule has 1 aromatic carbocycles. The van der Waals surface area contributed by atoms with Gasteiger partial charge >= 0.3 is 6.01 Å². The lowest BCUT2D eigenvalue weighted by atomic mass is 9.92. The molecule has 0 saturated carbocycles. The number of hydrogen-bond acceptors (Lipinski definition) is 7. The molecule has 0 bridgehead atoms. The third-order valence-electron chi connectivity index (χ3n) is 7.20. The van der Waals surface area contributed by atoms with Gasteiger partial charge in [-0.15, -0.1) is 0 Å². The number of nitrogens with two attached hydrogens (primary N) is 1. The van der Waals surface area contributed by atoms with Crippen LogP contribution in [0.4, 0.5) is 6.01 Å². The summed E-state index contributed by atoms with van der Waals surface area (Å²) in [5.41, 5.74) is 7.55. The molecule has 8 nitrogen and oxygen atoms in total. The molecule has 3 heterocycles. The Kier molecular flexibility index (Phi) is 8.08. The van der Waals surface area contributed by atoms with Crippen molar-refractivity contribution in [2.24, 2.45) is 11.7 Å². The molecule has 2 N–H and O–H groups in total. The number of carbonyl (C=O) groups excluding carboxylic acids is 1. The van der Waals surface area contributed by atoms with E-state index in [0.29, 0.717) is 25.1 Å². The van der Waals surface area contributed by atoms with E-state index in [9.17, 15) is 4.79 Å². The van der Waals surface area contributed by atoms with Crippen LogP contribution >= 0.6 is 0 Å². The number of piperidine rings is 1. The predicted molar refractivity (Wildman–Crippen MR) is 132 cm³/mol. The summed E-state index contributed by atoms with van der Waals surface area (Å²) in [5, 5.41) is 4.08. The molecule has 2 aliphatic rings. The van der Waals surface area contributed by atoms with Gasteiger partial charge < -0.3 is 24.8 Å². The Labute approximate surface area is 202 Å². The minimum absolute atomic E-state index is 0.0873. The second-order valence-electron chi connectivity index (χ2n) is 10.0. The number of ether oxygens (including phenoxy) is 1. The van der Waals surface area contributed by atoms with Gasteiger partial charge in [-0.05, 0) is 75.1 Å². The molecule has 1 unspecified atom stereocenters. The number of nitrogens with zero attached hydrogens (tertiary/aromatic N) is 4. The van der Waals surface area contributed by atoms with Crippen molar-refractivity contribution < 1.29 is 14.1 Å². The summed E-state index contributed by atoms with van der Waals surface area (Å²) in [7, 11) is 0. The van der Waals surface area contributed by atoms with Gasteiger partial charge in [-0.1, -0.05) is 19.0 Å². The molecule has 34 heavy (non-hydrogen) atoms. The molecular formula is C26H39N5O3. The third-order valence-corrected chi connectivity index (χ3v) is 7.20. The lowest BCUT2D eigenvalue weighted by Gasteiger charge is -2.30. The standard InChI is InChI=1S/C26H39N5O3/c1-18(2)24-28-26(34-29-24)30-13-10-20(11-14-30)6-5-15-33-22-8-9-23(19(3)16-22)25(32)31-12-4-7-21(31)17-27/h8-9,16,18,20-21H,4-7,10-15,17,27H2,1-3H3. The van der Waals surface area contributed by atoms with Crippen LogP contribution in [0.15, 0.2) is 22.7 Å². The van der Waals surface area contributed by atoms with Gasteiger partial charge in [0.2, 0.25) is 0 Å². The summed E-state index contributed by atoms with van der Waals surface area (Å²) >= 11 is 0. The Hall–Kier alpha value is -2.61. The number of hydrogen-bond donors (Lipinski definition) is 1. The second kappa shape index (κ2) is 11.2. The minimum atomic E-state index is 0.0873. The molecule has 1 atom stereocenters. The van der Waals surface area contributed by atoms with E-state index in [1.807, 2.05) is 30.0 Å². The summed E-state index contributed by atoms with van der Waals surface area (Å²) < 4.78 is 11.4. The highest BCUT2D eigenvalue weighted by atomic mass is 16.5. The Balaban J connectivity index is 1.19. The highest BCUT2D eigenvalue weighted by Crippen LogP contribution is 2.27. The Morgan fingerprint density at radius 3 is 2.71 bits per heavy atom. The lowest BCUT2D eigenvalue weighted by molar-refractivity contribution is 0.0740. The van der Waals surface area contributed by atoms with Crippen LogP contribution in [0.3, 0.4) is 0 Å². The maximum atomic E-state index is 12.9. The molecular weight excluding hydrogens is 430 g/mol. The van der Waals surface area contributed by atoms with Gasteiger partial charge in [0.05, 0.1) is 6.61 Å². The Morgan fingerprint density at radius 1 is 1.24 bits per heavy atom. The summed E-state index contributed by atoms with van der Waals surface area (Å²) in [6.45, 7) is 10.1. The first kappa shape index (κ1) is 24.5. The molecule has 0 aliphatic carbocycles. The summed E-state index contributed by atoms with van der Waals surface area (Å²) in [6.07, 6.45) is 6.47. The zero-order valence-corrected chi connectivity index (χ0v) is 20.8. The zero-order valence-electron chi connectivity index (χ0n) is 20.8. The molecule has 0 spiro atoms. The molecule has 186 valence electrons. The van der Waals surface area contributed by atoms with Crippen molar-refractivity contribution in [2.45, 2.75) is 71.3 Å². The smallest absolute Gasteiger partial charge is 0.324 e. The van der Waals surface area contributed by atoms with Gasteiger partial charge in [0.15, 0.2) is 5.82 Å². The van der Waals surface area contributed by atoms with Crippen molar-refractivity contribution in [1.82, 2.24) is 15.0 Å². The first-order valence-electron chi connectivity index (χ1n) is 12.8. The third kappa shape index (κ3) is 5.71. The monoisotopic (exact) mass is 469 g/mol. The topological polar surface area (TPSA) is 97.7 Å². The van der Waals surface area contributed by atoms with Crippen LogP contribution in [0, 0.1) is 12.8 Å². The van der Waals surface area contributed by atoms with Crippen molar-refractivity contribution in [1.29, 1.82) is 0 Å². The number of carbonyl (C=O) groups is 1. The van der Waals surface area contributed by atoms with Crippen LogP contribution in [0.25, 0.3) is 0 Å². The second-order valence-corrected chi connectivity index (χ2v) is 10.0.